The lowest BCUT2D eigenvalue weighted by molar-refractivity contribution is 0.955. The van der Waals surface area contributed by atoms with Gasteiger partial charge in [-0.05, 0) is 54.7 Å². The van der Waals surface area contributed by atoms with Crippen LogP contribution in [0.3, 0.4) is 0 Å². The van der Waals surface area contributed by atoms with Crippen LogP contribution in [0.1, 0.15) is 29.3 Å². The van der Waals surface area contributed by atoms with Crippen molar-refractivity contribution in [3.63, 3.8) is 0 Å². The molecule has 1 aromatic carbocycles. The number of benzene rings is 1. The summed E-state index contributed by atoms with van der Waals surface area (Å²) in [4.78, 5) is 4.55. The van der Waals surface area contributed by atoms with Gasteiger partial charge in [0.15, 0.2) is 0 Å². The van der Waals surface area contributed by atoms with E-state index in [1.54, 1.807) is 0 Å². The Morgan fingerprint density at radius 3 is 2.83 bits per heavy atom. The van der Waals surface area contributed by atoms with Crippen molar-refractivity contribution in [2.24, 2.45) is 0 Å². The van der Waals surface area contributed by atoms with E-state index in [1.807, 2.05) is 18.3 Å². The molecule has 1 nitrogen and oxygen atoms in total. The van der Waals surface area contributed by atoms with E-state index in [1.165, 1.54) is 22.3 Å². The van der Waals surface area contributed by atoms with Crippen LogP contribution in [0.5, 0.6) is 0 Å². The summed E-state index contributed by atoms with van der Waals surface area (Å²) in [5.41, 5.74) is 6.22. The fraction of sp³-hybridized carbons (Fsp3) is 0.188. The van der Waals surface area contributed by atoms with Gasteiger partial charge in [-0.3, -0.25) is 4.98 Å². The second-order valence-electron chi connectivity index (χ2n) is 4.51. The monoisotopic (exact) mass is 255 g/mol. The van der Waals surface area contributed by atoms with E-state index in [0.29, 0.717) is 0 Å². The molecule has 1 heterocycles. The summed E-state index contributed by atoms with van der Waals surface area (Å²) < 4.78 is 0. The maximum absolute atomic E-state index is 6.10. The van der Waals surface area contributed by atoms with Crippen molar-refractivity contribution in [1.29, 1.82) is 0 Å². The van der Waals surface area contributed by atoms with Gasteiger partial charge in [0.2, 0.25) is 0 Å². The number of hydrogen-bond donors (Lipinski definition) is 0. The first-order valence-corrected chi connectivity index (χ1v) is 6.57. The van der Waals surface area contributed by atoms with E-state index in [9.17, 15) is 0 Å². The molecule has 2 aromatic rings. The number of pyridine rings is 1. The summed E-state index contributed by atoms with van der Waals surface area (Å²) in [5.74, 6) is 0. The average molecular weight is 256 g/mol. The molecule has 0 atom stereocenters. The minimum Gasteiger partial charge on any atom is -0.256 e. The molecule has 0 fully saturated rings. The van der Waals surface area contributed by atoms with Crippen LogP contribution in [0.25, 0.3) is 5.57 Å². The Labute approximate surface area is 112 Å². The number of halogens is 1. The highest BCUT2D eigenvalue weighted by molar-refractivity contribution is 6.30. The van der Waals surface area contributed by atoms with Gasteiger partial charge in [0, 0.05) is 16.8 Å². The number of aryl methyl sites for hydroxylation is 2. The zero-order chi connectivity index (χ0) is 12.5. The summed E-state index contributed by atoms with van der Waals surface area (Å²) in [6, 6.07) is 10.3. The van der Waals surface area contributed by atoms with Crippen LogP contribution >= 0.6 is 11.6 Å². The lowest BCUT2D eigenvalue weighted by atomic mass is 9.97. The number of nitrogens with zero attached hydrogens (tertiary/aromatic N) is 1. The molecule has 1 aromatic heterocycles. The highest BCUT2D eigenvalue weighted by atomic mass is 35.5. The van der Waals surface area contributed by atoms with E-state index < -0.39 is 0 Å². The molecule has 1 aliphatic carbocycles. The molecule has 0 spiro atoms. The number of allylic oxidation sites excluding steroid dienone is 1. The quantitative estimate of drug-likeness (QED) is 0.685. The van der Waals surface area contributed by atoms with Crippen LogP contribution in [0, 0.1) is 0 Å². The molecule has 18 heavy (non-hydrogen) atoms. The number of rotatable bonds is 0. The molecule has 2 heteroatoms. The van der Waals surface area contributed by atoms with Gasteiger partial charge in [0.05, 0.1) is 5.69 Å². The molecule has 90 valence electrons. The molecule has 0 bridgehead atoms. The van der Waals surface area contributed by atoms with Crippen LogP contribution < -0.4 is 0 Å². The fourth-order valence-corrected chi connectivity index (χ4v) is 2.80. The highest BCUT2D eigenvalue weighted by Crippen LogP contribution is 2.33. The van der Waals surface area contributed by atoms with Gasteiger partial charge >= 0.3 is 0 Å². The van der Waals surface area contributed by atoms with Gasteiger partial charge in [0.1, 0.15) is 0 Å². The standard InChI is InChI=1S/C16H14ClN/c1-2-14-15-8-7-13(17)10-12(15)6-5-11-4-3-9-18-16(11)14/h2-4,7-10H,5-6H2,1H3/b14-2+. The van der Waals surface area contributed by atoms with Gasteiger partial charge < -0.3 is 0 Å². The minimum atomic E-state index is 0.808. The van der Waals surface area contributed by atoms with Crippen LogP contribution in [-0.4, -0.2) is 4.98 Å². The van der Waals surface area contributed by atoms with Crippen LogP contribution in [-0.2, 0) is 12.8 Å². The maximum Gasteiger partial charge on any atom is 0.0736 e. The normalized spacial score (nSPS) is 16.0. The average Bonchev–Trinajstić information content (AvgIpc) is 2.55. The fourth-order valence-electron chi connectivity index (χ4n) is 2.60. The van der Waals surface area contributed by atoms with Crippen molar-refractivity contribution < 1.29 is 0 Å². The van der Waals surface area contributed by atoms with Gasteiger partial charge in [-0.2, -0.15) is 0 Å². The second kappa shape index (κ2) is 4.58. The van der Waals surface area contributed by atoms with Crippen molar-refractivity contribution in [2.45, 2.75) is 19.8 Å². The topological polar surface area (TPSA) is 12.9 Å². The largest absolute Gasteiger partial charge is 0.256 e. The van der Waals surface area contributed by atoms with E-state index >= 15 is 0 Å². The molecule has 0 saturated carbocycles. The molecule has 0 aliphatic heterocycles. The Bertz CT molecular complexity index is 629. The summed E-state index contributed by atoms with van der Waals surface area (Å²) in [7, 11) is 0. The van der Waals surface area contributed by atoms with Crippen LogP contribution in [0.2, 0.25) is 5.02 Å². The lowest BCUT2D eigenvalue weighted by Gasteiger charge is -2.10. The molecular weight excluding hydrogens is 242 g/mol. The Kier molecular flexibility index (Phi) is 2.92. The lowest BCUT2D eigenvalue weighted by Crippen LogP contribution is -1.95. The molecule has 0 amide bonds. The molecular formula is C16H14ClN. The second-order valence-corrected chi connectivity index (χ2v) is 4.95. The van der Waals surface area contributed by atoms with Crippen molar-refractivity contribution in [3.8, 4) is 0 Å². The Balaban J connectivity index is 2.25. The number of aromatic nitrogens is 1. The molecule has 0 radical (unpaired) electrons. The van der Waals surface area contributed by atoms with Crippen LogP contribution in [0.4, 0.5) is 0 Å². The highest BCUT2D eigenvalue weighted by Gasteiger charge is 2.18. The first-order chi connectivity index (χ1) is 8.79. The molecule has 3 rings (SSSR count). The zero-order valence-electron chi connectivity index (χ0n) is 10.3. The third-order valence-electron chi connectivity index (χ3n) is 3.46. The van der Waals surface area contributed by atoms with Crippen molar-refractivity contribution in [1.82, 2.24) is 4.98 Å². The van der Waals surface area contributed by atoms with Gasteiger partial charge in [-0.1, -0.05) is 29.8 Å². The third kappa shape index (κ3) is 1.85. The first-order valence-electron chi connectivity index (χ1n) is 6.19. The number of hydrogen-bond acceptors (Lipinski definition) is 1. The van der Waals surface area contributed by atoms with Gasteiger partial charge in [-0.15, -0.1) is 0 Å². The number of fused-ring (bicyclic) bond motifs is 2. The Morgan fingerprint density at radius 2 is 2.00 bits per heavy atom. The van der Waals surface area contributed by atoms with Gasteiger partial charge in [-0.25, -0.2) is 0 Å². The molecule has 0 unspecified atom stereocenters. The summed E-state index contributed by atoms with van der Waals surface area (Å²) in [6.07, 6.45) is 6.05. The predicted octanol–water partition coefficient (Wildman–Crippen LogP) is 4.29. The van der Waals surface area contributed by atoms with Crippen molar-refractivity contribution in [3.05, 3.63) is 70.0 Å². The minimum absolute atomic E-state index is 0.808. The third-order valence-corrected chi connectivity index (χ3v) is 3.69. The molecule has 0 saturated heterocycles. The Morgan fingerprint density at radius 1 is 1.17 bits per heavy atom. The molecule has 1 aliphatic rings. The van der Waals surface area contributed by atoms with E-state index in [2.05, 4.69) is 36.2 Å². The molecule has 0 N–H and O–H groups in total. The van der Waals surface area contributed by atoms with Gasteiger partial charge in [0.25, 0.3) is 0 Å². The maximum atomic E-state index is 6.10. The van der Waals surface area contributed by atoms with E-state index in [-0.39, 0.29) is 0 Å². The van der Waals surface area contributed by atoms with E-state index in [4.69, 9.17) is 11.6 Å². The van der Waals surface area contributed by atoms with Crippen molar-refractivity contribution >= 4 is 17.2 Å². The summed E-state index contributed by atoms with van der Waals surface area (Å²) in [5, 5.41) is 0.808. The van der Waals surface area contributed by atoms with E-state index in [0.717, 1.165) is 23.6 Å². The van der Waals surface area contributed by atoms with Crippen molar-refractivity contribution in [2.75, 3.05) is 0 Å². The predicted molar refractivity (Wildman–Crippen MR) is 75.9 cm³/mol. The van der Waals surface area contributed by atoms with Crippen LogP contribution in [0.15, 0.2) is 42.6 Å². The SMILES string of the molecule is C/C=C1\c2ccc(Cl)cc2CCc2cccnc21. The smallest absolute Gasteiger partial charge is 0.0736 e. The Hall–Kier alpha value is -1.60. The summed E-state index contributed by atoms with van der Waals surface area (Å²) >= 11 is 6.10. The summed E-state index contributed by atoms with van der Waals surface area (Å²) in [6.45, 7) is 2.07. The first kappa shape index (κ1) is 11.5. The zero-order valence-corrected chi connectivity index (χ0v) is 11.0.